The lowest BCUT2D eigenvalue weighted by Gasteiger charge is -2.28. The third-order valence-corrected chi connectivity index (χ3v) is 4.91. The minimum absolute atomic E-state index is 0.387. The highest BCUT2D eigenvalue weighted by atomic mass is 16.4. The van der Waals surface area contributed by atoms with E-state index in [1.54, 1.807) is 12.1 Å². The molecule has 2 rings (SSSR count). The molecule has 0 amide bonds. The molecular weight excluding hydrogens is 260 g/mol. The average Bonchev–Trinajstić information content (AvgIpc) is 2.50. The van der Waals surface area contributed by atoms with E-state index in [2.05, 4.69) is 6.92 Å². The van der Waals surface area contributed by atoms with E-state index in [1.165, 1.54) is 56.9 Å². The van der Waals surface area contributed by atoms with Crippen LogP contribution in [0.1, 0.15) is 74.2 Å². The van der Waals surface area contributed by atoms with Gasteiger partial charge in [-0.05, 0) is 48.8 Å². The van der Waals surface area contributed by atoms with Gasteiger partial charge in [0.15, 0.2) is 0 Å². The molecule has 1 fully saturated rings. The predicted molar refractivity (Wildman–Crippen MR) is 86.7 cm³/mol. The molecule has 0 bridgehead atoms. The lowest BCUT2D eigenvalue weighted by atomic mass is 9.77. The summed E-state index contributed by atoms with van der Waals surface area (Å²) in [6.07, 6.45) is 12.1. The van der Waals surface area contributed by atoms with Gasteiger partial charge >= 0.3 is 5.97 Å². The van der Waals surface area contributed by atoms with Crippen LogP contribution < -0.4 is 0 Å². The Hall–Kier alpha value is -1.31. The zero-order valence-electron chi connectivity index (χ0n) is 13.2. The second-order valence-corrected chi connectivity index (χ2v) is 6.59. The summed E-state index contributed by atoms with van der Waals surface area (Å²) in [5.41, 5.74) is 1.67. The lowest BCUT2D eigenvalue weighted by molar-refractivity contribution is 0.0697. The molecule has 0 aromatic heterocycles. The van der Waals surface area contributed by atoms with Crippen molar-refractivity contribution in [3.63, 3.8) is 0 Å². The van der Waals surface area contributed by atoms with Crippen molar-refractivity contribution >= 4 is 5.97 Å². The Labute approximate surface area is 128 Å². The van der Waals surface area contributed by atoms with Gasteiger partial charge < -0.3 is 5.11 Å². The lowest BCUT2D eigenvalue weighted by Crippen LogP contribution is -2.16. The van der Waals surface area contributed by atoms with Crippen molar-refractivity contribution in [3.8, 4) is 0 Å². The molecule has 0 saturated heterocycles. The fraction of sp³-hybridized carbons (Fsp3) is 0.632. The van der Waals surface area contributed by atoms with Gasteiger partial charge in [-0.1, -0.05) is 57.6 Å². The van der Waals surface area contributed by atoms with Crippen LogP contribution in [-0.2, 0) is 6.42 Å². The number of hydrogen-bond acceptors (Lipinski definition) is 1. The fourth-order valence-corrected chi connectivity index (χ4v) is 3.52. The monoisotopic (exact) mass is 288 g/mol. The van der Waals surface area contributed by atoms with Gasteiger partial charge in [-0.25, -0.2) is 4.79 Å². The van der Waals surface area contributed by atoms with E-state index in [0.29, 0.717) is 5.56 Å². The Morgan fingerprint density at radius 2 is 1.67 bits per heavy atom. The minimum Gasteiger partial charge on any atom is -0.478 e. The van der Waals surface area contributed by atoms with Crippen LogP contribution in [0, 0.1) is 11.8 Å². The summed E-state index contributed by atoms with van der Waals surface area (Å²) < 4.78 is 0. The summed E-state index contributed by atoms with van der Waals surface area (Å²) in [7, 11) is 0. The normalized spacial score (nSPS) is 22.1. The van der Waals surface area contributed by atoms with E-state index in [1.807, 2.05) is 12.1 Å². The van der Waals surface area contributed by atoms with Gasteiger partial charge in [0.2, 0.25) is 0 Å². The Kier molecular flexibility index (Phi) is 6.28. The van der Waals surface area contributed by atoms with Crippen molar-refractivity contribution in [3.05, 3.63) is 35.4 Å². The number of hydrogen-bond donors (Lipinski definition) is 1. The zero-order valence-corrected chi connectivity index (χ0v) is 13.2. The first kappa shape index (κ1) is 16.1. The van der Waals surface area contributed by atoms with Gasteiger partial charge in [0.25, 0.3) is 0 Å². The average molecular weight is 288 g/mol. The Bertz CT molecular complexity index is 427. The van der Waals surface area contributed by atoms with Gasteiger partial charge in [0.05, 0.1) is 5.56 Å². The van der Waals surface area contributed by atoms with E-state index in [0.717, 1.165) is 18.3 Å². The van der Waals surface area contributed by atoms with Crippen molar-refractivity contribution in [2.75, 3.05) is 0 Å². The van der Waals surface area contributed by atoms with Crippen molar-refractivity contribution in [1.82, 2.24) is 0 Å². The number of carboxylic acids is 1. The number of unbranched alkanes of at least 4 members (excludes halogenated alkanes) is 2. The van der Waals surface area contributed by atoms with Crippen LogP contribution in [-0.4, -0.2) is 11.1 Å². The molecule has 1 aliphatic carbocycles. The highest BCUT2D eigenvalue weighted by molar-refractivity contribution is 5.87. The molecule has 0 unspecified atom stereocenters. The van der Waals surface area contributed by atoms with Crippen LogP contribution in [0.25, 0.3) is 0 Å². The minimum atomic E-state index is -0.839. The van der Waals surface area contributed by atoms with E-state index >= 15 is 0 Å². The summed E-state index contributed by atoms with van der Waals surface area (Å²) in [4.78, 5) is 10.8. The van der Waals surface area contributed by atoms with Crippen molar-refractivity contribution in [1.29, 1.82) is 0 Å². The Morgan fingerprint density at radius 1 is 1.05 bits per heavy atom. The number of carbonyl (C=O) groups is 1. The number of benzene rings is 1. The van der Waals surface area contributed by atoms with Crippen LogP contribution >= 0.6 is 0 Å². The van der Waals surface area contributed by atoms with Crippen LogP contribution in [0.2, 0.25) is 0 Å². The molecule has 1 aromatic rings. The Balaban J connectivity index is 1.74. The standard InChI is InChI=1S/C19H28O2/c1-2-3-4-5-15-6-8-16(9-7-15)14-17-10-12-18(13-11-17)19(20)21/h10-13,15-16H,2-9,14H2,1H3,(H,20,21). The van der Waals surface area contributed by atoms with Crippen LogP contribution in [0.15, 0.2) is 24.3 Å². The second-order valence-electron chi connectivity index (χ2n) is 6.59. The summed E-state index contributed by atoms with van der Waals surface area (Å²) in [5.74, 6) is 0.916. The van der Waals surface area contributed by atoms with Crippen LogP contribution in [0.4, 0.5) is 0 Å². The topological polar surface area (TPSA) is 37.3 Å². The van der Waals surface area contributed by atoms with Gasteiger partial charge in [0.1, 0.15) is 0 Å². The first-order valence-corrected chi connectivity index (χ1v) is 8.51. The molecule has 0 heterocycles. The molecule has 1 aromatic carbocycles. The molecule has 1 aliphatic rings. The Morgan fingerprint density at radius 3 is 2.24 bits per heavy atom. The number of carboxylic acid groups (broad SMARTS) is 1. The van der Waals surface area contributed by atoms with Gasteiger partial charge in [-0.15, -0.1) is 0 Å². The van der Waals surface area contributed by atoms with Crippen molar-refractivity contribution < 1.29 is 9.90 Å². The molecule has 0 atom stereocenters. The van der Waals surface area contributed by atoms with Crippen molar-refractivity contribution in [2.24, 2.45) is 11.8 Å². The maximum atomic E-state index is 10.8. The summed E-state index contributed by atoms with van der Waals surface area (Å²) in [5, 5.41) is 8.91. The van der Waals surface area contributed by atoms with Crippen LogP contribution in [0.5, 0.6) is 0 Å². The fourth-order valence-electron chi connectivity index (χ4n) is 3.52. The quantitative estimate of drug-likeness (QED) is 0.690. The first-order valence-electron chi connectivity index (χ1n) is 8.51. The molecule has 0 radical (unpaired) electrons. The van der Waals surface area contributed by atoms with Gasteiger partial charge in [0, 0.05) is 0 Å². The smallest absolute Gasteiger partial charge is 0.335 e. The molecule has 2 nitrogen and oxygen atoms in total. The summed E-state index contributed by atoms with van der Waals surface area (Å²) in [6.45, 7) is 2.27. The SMILES string of the molecule is CCCCCC1CCC(Cc2ccc(C(=O)O)cc2)CC1. The number of rotatable bonds is 7. The van der Waals surface area contributed by atoms with Crippen LogP contribution in [0.3, 0.4) is 0 Å². The third kappa shape index (κ3) is 5.18. The molecule has 21 heavy (non-hydrogen) atoms. The molecule has 2 heteroatoms. The third-order valence-electron chi connectivity index (χ3n) is 4.91. The van der Waals surface area contributed by atoms with E-state index < -0.39 is 5.97 Å². The molecule has 1 N–H and O–H groups in total. The van der Waals surface area contributed by atoms with Gasteiger partial charge in [-0.3, -0.25) is 0 Å². The molecule has 0 aliphatic heterocycles. The molecule has 1 saturated carbocycles. The van der Waals surface area contributed by atoms with E-state index in [9.17, 15) is 4.79 Å². The highest BCUT2D eigenvalue weighted by Gasteiger charge is 2.21. The highest BCUT2D eigenvalue weighted by Crippen LogP contribution is 2.33. The maximum Gasteiger partial charge on any atom is 0.335 e. The first-order chi connectivity index (χ1) is 10.2. The van der Waals surface area contributed by atoms with Crippen molar-refractivity contribution in [2.45, 2.75) is 64.7 Å². The second kappa shape index (κ2) is 8.21. The predicted octanol–water partition coefficient (Wildman–Crippen LogP) is 5.31. The molecule has 116 valence electrons. The van der Waals surface area contributed by atoms with Gasteiger partial charge in [-0.2, -0.15) is 0 Å². The van der Waals surface area contributed by atoms with E-state index in [-0.39, 0.29) is 0 Å². The molecule has 0 spiro atoms. The largest absolute Gasteiger partial charge is 0.478 e. The summed E-state index contributed by atoms with van der Waals surface area (Å²) >= 11 is 0. The number of aromatic carboxylic acids is 1. The zero-order chi connectivity index (χ0) is 15.1. The summed E-state index contributed by atoms with van der Waals surface area (Å²) in [6, 6.07) is 7.43. The molecular formula is C19H28O2. The maximum absolute atomic E-state index is 10.8. The van der Waals surface area contributed by atoms with E-state index in [4.69, 9.17) is 5.11 Å².